The van der Waals surface area contributed by atoms with Crippen molar-refractivity contribution < 1.29 is 4.39 Å². The highest BCUT2D eigenvalue weighted by molar-refractivity contribution is 7.13. The third-order valence-electron chi connectivity index (χ3n) is 3.52. The summed E-state index contributed by atoms with van der Waals surface area (Å²) in [6.45, 7) is 7.94. The lowest BCUT2D eigenvalue weighted by Gasteiger charge is -2.02. The Morgan fingerprint density at radius 3 is 2.65 bits per heavy atom. The molecule has 2 aromatic rings. The van der Waals surface area contributed by atoms with Crippen LogP contribution in [0.25, 0.3) is 12.2 Å². The van der Waals surface area contributed by atoms with Gasteiger partial charge in [0.25, 0.3) is 0 Å². The average molecular weight is 331 g/mol. The molecule has 5 heteroatoms. The van der Waals surface area contributed by atoms with E-state index >= 15 is 0 Å². The lowest BCUT2D eigenvalue weighted by molar-refractivity contribution is 0.624. The number of hydrazone groups is 1. The van der Waals surface area contributed by atoms with Crippen molar-refractivity contribution in [1.82, 2.24) is 4.98 Å². The second kappa shape index (κ2) is 8.02. The molecule has 0 bridgehead atoms. The molecular formula is C18H22FN3S. The number of anilines is 1. The van der Waals surface area contributed by atoms with E-state index in [0.29, 0.717) is 5.56 Å². The van der Waals surface area contributed by atoms with Crippen LogP contribution < -0.4 is 15.3 Å². The third kappa shape index (κ3) is 3.67. The lowest BCUT2D eigenvalue weighted by atomic mass is 10.1. The Labute approximate surface area is 140 Å². The number of nitrogens with zero attached hydrogens (tertiary/aromatic N) is 2. The summed E-state index contributed by atoms with van der Waals surface area (Å²) in [5.41, 5.74) is 5.41. The first-order chi connectivity index (χ1) is 11.2. The van der Waals surface area contributed by atoms with Crippen LogP contribution in [0.4, 0.5) is 9.52 Å². The number of thiazole rings is 1. The first kappa shape index (κ1) is 17.3. The molecule has 0 radical (unpaired) electrons. The molecular weight excluding hydrogens is 309 g/mol. The zero-order valence-corrected chi connectivity index (χ0v) is 14.8. The van der Waals surface area contributed by atoms with E-state index in [9.17, 15) is 4.39 Å². The molecule has 0 aliphatic heterocycles. The van der Waals surface area contributed by atoms with Crippen LogP contribution in [0.3, 0.4) is 0 Å². The normalized spacial score (nSPS) is 16.3. The number of fused-ring (bicyclic) bond motifs is 1. The Morgan fingerprint density at radius 1 is 1.22 bits per heavy atom. The molecule has 1 aromatic heterocycles. The van der Waals surface area contributed by atoms with Crippen LogP contribution in [0.5, 0.6) is 0 Å². The number of aromatic nitrogens is 1. The minimum Gasteiger partial charge on any atom is -0.252 e. The van der Waals surface area contributed by atoms with E-state index in [-0.39, 0.29) is 5.82 Å². The van der Waals surface area contributed by atoms with Crippen molar-refractivity contribution in [3.8, 4) is 0 Å². The maximum absolute atomic E-state index is 13.9. The number of aryl methyl sites for hydroxylation is 1. The predicted octanol–water partition coefficient (Wildman–Crippen LogP) is 3.67. The van der Waals surface area contributed by atoms with Crippen molar-refractivity contribution in [1.29, 1.82) is 0 Å². The van der Waals surface area contributed by atoms with Gasteiger partial charge in [0.1, 0.15) is 5.82 Å². The minimum atomic E-state index is -0.199. The zero-order chi connectivity index (χ0) is 16.8. The minimum absolute atomic E-state index is 0.199. The van der Waals surface area contributed by atoms with Gasteiger partial charge in [-0.25, -0.2) is 9.37 Å². The Kier molecular flexibility index (Phi) is 6.04. The predicted molar refractivity (Wildman–Crippen MR) is 97.9 cm³/mol. The Morgan fingerprint density at radius 2 is 2.00 bits per heavy atom. The summed E-state index contributed by atoms with van der Waals surface area (Å²) >= 11 is 1.54. The lowest BCUT2D eigenvalue weighted by Crippen LogP contribution is -2.19. The van der Waals surface area contributed by atoms with Gasteiger partial charge >= 0.3 is 0 Å². The molecule has 1 aromatic carbocycles. The van der Waals surface area contributed by atoms with Crippen molar-refractivity contribution >= 4 is 34.3 Å². The van der Waals surface area contributed by atoms with Crippen molar-refractivity contribution in [3.63, 3.8) is 0 Å². The molecule has 1 N–H and O–H groups in total. The van der Waals surface area contributed by atoms with E-state index in [1.165, 1.54) is 6.07 Å². The van der Waals surface area contributed by atoms with E-state index < -0.39 is 0 Å². The Hall–Kier alpha value is -2.01. The van der Waals surface area contributed by atoms with Crippen LogP contribution in [-0.2, 0) is 6.42 Å². The van der Waals surface area contributed by atoms with Crippen LogP contribution in [0.1, 0.15) is 45.2 Å². The summed E-state index contributed by atoms with van der Waals surface area (Å²) in [5.74, 6) is -0.199. The van der Waals surface area contributed by atoms with Crippen LogP contribution in [-0.4, -0.2) is 10.7 Å². The number of benzene rings is 1. The molecule has 0 unspecified atom stereocenters. The molecule has 1 aliphatic rings. The van der Waals surface area contributed by atoms with Gasteiger partial charge in [0.05, 0.1) is 15.6 Å². The number of rotatable bonds is 2. The standard InChI is InChI=1S/C16H16FN3S.C2H6/c1-3-12-14(4-2)21-16(18-12)20-19-13-9-8-10-6-5-7-11(17)15(10)13;1-2/h3-7H,8-9H2,1-2H3,(H,18,20);1-2H3/b12-3+,14-4+,19-13-;. The Bertz CT molecular complexity index is 790. The molecule has 1 heterocycles. The molecule has 0 fully saturated rings. The van der Waals surface area contributed by atoms with Gasteiger partial charge in [-0.05, 0) is 38.3 Å². The Balaban J connectivity index is 0.000000924. The maximum Gasteiger partial charge on any atom is 0.204 e. The first-order valence-electron chi connectivity index (χ1n) is 7.92. The maximum atomic E-state index is 13.9. The fourth-order valence-corrected chi connectivity index (χ4v) is 3.34. The highest BCUT2D eigenvalue weighted by Gasteiger charge is 2.21. The molecule has 3 nitrogen and oxygen atoms in total. The fourth-order valence-electron chi connectivity index (χ4n) is 2.51. The van der Waals surface area contributed by atoms with E-state index in [0.717, 1.165) is 39.1 Å². The number of nitrogens with one attached hydrogen (secondary N) is 1. The van der Waals surface area contributed by atoms with Crippen molar-refractivity contribution in [3.05, 3.63) is 45.0 Å². The number of hydrogen-bond donors (Lipinski definition) is 1. The zero-order valence-electron chi connectivity index (χ0n) is 14.0. The summed E-state index contributed by atoms with van der Waals surface area (Å²) in [5, 5.41) is 6.04. The summed E-state index contributed by atoms with van der Waals surface area (Å²) < 4.78 is 15.0. The van der Waals surface area contributed by atoms with Crippen LogP contribution in [0, 0.1) is 5.82 Å². The van der Waals surface area contributed by atoms with Gasteiger partial charge in [-0.2, -0.15) is 5.10 Å². The SMILES string of the molecule is C/C=c1/nc(N/N=C2/CCc3cccc(F)c32)s/c1=C/C.CC. The van der Waals surface area contributed by atoms with Gasteiger partial charge in [-0.1, -0.05) is 49.5 Å². The summed E-state index contributed by atoms with van der Waals surface area (Å²) in [6.07, 6.45) is 5.59. The van der Waals surface area contributed by atoms with Gasteiger partial charge in [-0.15, -0.1) is 0 Å². The molecule has 0 saturated carbocycles. The topological polar surface area (TPSA) is 37.3 Å². The van der Waals surface area contributed by atoms with Gasteiger partial charge in [0, 0.05) is 5.56 Å². The van der Waals surface area contributed by atoms with Crippen molar-refractivity contribution in [2.24, 2.45) is 5.10 Å². The van der Waals surface area contributed by atoms with E-state index in [4.69, 9.17) is 0 Å². The number of halogens is 1. The second-order valence-corrected chi connectivity index (χ2v) is 5.82. The molecule has 0 atom stereocenters. The molecule has 1 aliphatic carbocycles. The van der Waals surface area contributed by atoms with Gasteiger partial charge in [0.2, 0.25) is 5.13 Å². The molecule has 0 amide bonds. The fraction of sp³-hybridized carbons (Fsp3) is 0.333. The van der Waals surface area contributed by atoms with E-state index in [2.05, 4.69) is 15.5 Å². The molecule has 23 heavy (non-hydrogen) atoms. The molecule has 122 valence electrons. The van der Waals surface area contributed by atoms with Crippen LogP contribution in [0.15, 0.2) is 23.3 Å². The summed E-state index contributed by atoms with van der Waals surface area (Å²) in [7, 11) is 0. The van der Waals surface area contributed by atoms with Gasteiger partial charge in [-0.3, -0.25) is 5.43 Å². The van der Waals surface area contributed by atoms with Gasteiger partial charge in [0.15, 0.2) is 0 Å². The second-order valence-electron chi connectivity index (χ2n) is 4.79. The molecule has 0 saturated heterocycles. The van der Waals surface area contributed by atoms with Gasteiger partial charge < -0.3 is 0 Å². The summed E-state index contributed by atoms with van der Waals surface area (Å²) in [4.78, 5) is 4.46. The average Bonchev–Trinajstić information content (AvgIpc) is 3.19. The smallest absolute Gasteiger partial charge is 0.204 e. The third-order valence-corrected chi connectivity index (χ3v) is 4.56. The molecule has 0 spiro atoms. The van der Waals surface area contributed by atoms with Crippen LogP contribution >= 0.6 is 11.3 Å². The van der Waals surface area contributed by atoms with Crippen molar-refractivity contribution in [2.45, 2.75) is 40.5 Å². The van der Waals surface area contributed by atoms with Crippen LogP contribution in [0.2, 0.25) is 0 Å². The monoisotopic (exact) mass is 331 g/mol. The van der Waals surface area contributed by atoms with E-state index in [1.54, 1.807) is 17.4 Å². The van der Waals surface area contributed by atoms with Crippen molar-refractivity contribution in [2.75, 3.05) is 5.43 Å². The first-order valence-corrected chi connectivity index (χ1v) is 8.74. The summed E-state index contributed by atoms with van der Waals surface area (Å²) in [6, 6.07) is 5.19. The highest BCUT2D eigenvalue weighted by atomic mass is 32.1. The quantitative estimate of drug-likeness (QED) is 0.853. The largest absolute Gasteiger partial charge is 0.252 e. The molecule has 3 rings (SSSR count). The highest BCUT2D eigenvalue weighted by Crippen LogP contribution is 2.25. The number of hydrogen-bond acceptors (Lipinski definition) is 4. The van der Waals surface area contributed by atoms with E-state index in [1.807, 2.05) is 45.9 Å².